The van der Waals surface area contributed by atoms with Gasteiger partial charge >= 0.3 is 0 Å². The van der Waals surface area contributed by atoms with Crippen LogP contribution in [0.4, 0.5) is 0 Å². The van der Waals surface area contributed by atoms with E-state index in [-0.39, 0.29) is 11.3 Å². The lowest BCUT2D eigenvalue weighted by Gasteiger charge is -2.40. The zero-order valence-electron chi connectivity index (χ0n) is 12.9. The maximum Gasteiger partial charge on any atom is 0.230 e. The Morgan fingerprint density at radius 2 is 2.09 bits per heavy atom. The molecule has 3 rings (SSSR count). The Morgan fingerprint density at radius 3 is 2.68 bits per heavy atom. The summed E-state index contributed by atoms with van der Waals surface area (Å²) in [5, 5.41) is 3.87. The first kappa shape index (κ1) is 15.8. The molecule has 1 saturated carbocycles. The van der Waals surface area contributed by atoms with Crippen molar-refractivity contribution in [3.8, 4) is 0 Å². The van der Waals surface area contributed by atoms with Crippen molar-refractivity contribution in [3.63, 3.8) is 0 Å². The molecular weight excluding hydrogens is 298 g/mol. The van der Waals surface area contributed by atoms with Crippen LogP contribution in [0.5, 0.6) is 0 Å². The normalized spacial score (nSPS) is 23.0. The molecule has 1 atom stereocenters. The molecule has 120 valence electrons. The average molecular weight is 322 g/mol. The van der Waals surface area contributed by atoms with Crippen LogP contribution < -0.4 is 5.32 Å². The number of hydrogen-bond acceptors (Lipinski definition) is 2. The van der Waals surface area contributed by atoms with Gasteiger partial charge in [0.25, 0.3) is 0 Å². The molecule has 0 radical (unpaired) electrons. The minimum atomic E-state index is -0.318. The van der Waals surface area contributed by atoms with E-state index in [4.69, 9.17) is 16.3 Å². The lowest BCUT2D eigenvalue weighted by Crippen LogP contribution is -2.49. The number of nitrogens with one attached hydrogen (secondary N) is 1. The molecule has 1 heterocycles. The zero-order chi connectivity index (χ0) is 15.4. The van der Waals surface area contributed by atoms with Gasteiger partial charge in [0.05, 0.1) is 5.41 Å². The van der Waals surface area contributed by atoms with Crippen LogP contribution in [0.25, 0.3) is 0 Å². The van der Waals surface area contributed by atoms with E-state index in [0.29, 0.717) is 5.92 Å². The highest BCUT2D eigenvalue weighted by Gasteiger charge is 2.45. The quantitative estimate of drug-likeness (QED) is 0.811. The van der Waals surface area contributed by atoms with Crippen molar-refractivity contribution in [1.29, 1.82) is 0 Å². The van der Waals surface area contributed by atoms with Crippen LogP contribution in [0.15, 0.2) is 24.3 Å². The Morgan fingerprint density at radius 1 is 1.32 bits per heavy atom. The minimum Gasteiger partial charge on any atom is -0.381 e. The van der Waals surface area contributed by atoms with E-state index in [1.165, 1.54) is 6.42 Å². The van der Waals surface area contributed by atoms with E-state index >= 15 is 0 Å². The van der Waals surface area contributed by atoms with Gasteiger partial charge in [-0.25, -0.2) is 0 Å². The van der Waals surface area contributed by atoms with Crippen molar-refractivity contribution in [1.82, 2.24) is 5.32 Å². The van der Waals surface area contributed by atoms with Gasteiger partial charge in [0.1, 0.15) is 0 Å². The molecule has 4 heteroatoms. The molecule has 0 bridgehead atoms. The molecule has 0 spiro atoms. The van der Waals surface area contributed by atoms with Gasteiger partial charge in [0, 0.05) is 24.8 Å². The first-order valence-electron chi connectivity index (χ1n) is 8.33. The van der Waals surface area contributed by atoms with Crippen molar-refractivity contribution >= 4 is 17.5 Å². The molecule has 0 unspecified atom stereocenters. The fourth-order valence-electron chi connectivity index (χ4n) is 3.52. The molecule has 0 aromatic heterocycles. The topological polar surface area (TPSA) is 38.3 Å². The number of hydrogen-bond donors (Lipinski definition) is 1. The van der Waals surface area contributed by atoms with Crippen LogP contribution >= 0.6 is 11.6 Å². The summed E-state index contributed by atoms with van der Waals surface area (Å²) in [5.41, 5.74) is 0.783. The Balaban J connectivity index is 1.52. The maximum atomic E-state index is 12.7. The lowest BCUT2D eigenvalue weighted by molar-refractivity contribution is -0.129. The first-order chi connectivity index (χ1) is 10.7. The van der Waals surface area contributed by atoms with Gasteiger partial charge in [-0.05, 0) is 55.7 Å². The molecule has 1 aromatic carbocycles. The third-order valence-electron chi connectivity index (χ3n) is 5.14. The van der Waals surface area contributed by atoms with E-state index in [1.54, 1.807) is 0 Å². The largest absolute Gasteiger partial charge is 0.381 e. The van der Waals surface area contributed by atoms with Crippen LogP contribution in [0.1, 0.15) is 44.1 Å². The smallest absolute Gasteiger partial charge is 0.230 e. The van der Waals surface area contributed by atoms with Crippen LogP contribution in [0.3, 0.4) is 0 Å². The summed E-state index contributed by atoms with van der Waals surface area (Å²) < 4.78 is 5.39. The highest BCUT2D eigenvalue weighted by molar-refractivity contribution is 6.30. The Kier molecular flexibility index (Phi) is 5.04. The van der Waals surface area contributed by atoms with E-state index in [0.717, 1.165) is 62.4 Å². The van der Waals surface area contributed by atoms with Gasteiger partial charge in [-0.15, -0.1) is 0 Å². The van der Waals surface area contributed by atoms with E-state index < -0.39 is 0 Å². The summed E-state index contributed by atoms with van der Waals surface area (Å²) in [4.78, 5) is 12.7. The monoisotopic (exact) mass is 321 g/mol. The second-order valence-electron chi connectivity index (χ2n) is 6.57. The second kappa shape index (κ2) is 7.01. The number of benzene rings is 1. The highest BCUT2D eigenvalue weighted by atomic mass is 35.5. The molecule has 1 saturated heterocycles. The number of amides is 1. The molecular formula is C18H24ClNO2. The Hall–Kier alpha value is -1.06. The zero-order valence-corrected chi connectivity index (χ0v) is 13.7. The fraction of sp³-hybridized carbons (Fsp3) is 0.611. The number of rotatable bonds is 6. The minimum absolute atomic E-state index is 0.184. The maximum absolute atomic E-state index is 12.7. The fourth-order valence-corrected chi connectivity index (χ4v) is 3.64. The third-order valence-corrected chi connectivity index (χ3v) is 5.39. The first-order valence-corrected chi connectivity index (χ1v) is 8.71. The lowest BCUT2D eigenvalue weighted by atomic mass is 9.64. The number of ether oxygens (including phenoxy) is 1. The van der Waals surface area contributed by atoms with Gasteiger partial charge in [-0.2, -0.15) is 0 Å². The van der Waals surface area contributed by atoms with Crippen LogP contribution in [-0.4, -0.2) is 25.7 Å². The number of carbonyl (C=O) groups is 1. The van der Waals surface area contributed by atoms with Crippen molar-refractivity contribution < 1.29 is 9.53 Å². The molecule has 1 aliphatic heterocycles. The Labute approximate surface area is 137 Å². The standard InChI is InChI=1S/C18H24ClNO2/c19-16-6-4-15(5-7-16)18(9-2-10-18)17(21)20-11-1-3-14-8-12-22-13-14/h4-7,14H,1-3,8-13H2,(H,20,21)/t14-/m1/s1. The second-order valence-corrected chi connectivity index (χ2v) is 7.01. The van der Waals surface area contributed by atoms with Crippen molar-refractivity contribution in [3.05, 3.63) is 34.9 Å². The molecule has 1 N–H and O–H groups in total. The summed E-state index contributed by atoms with van der Waals surface area (Å²) in [5.74, 6) is 0.870. The molecule has 2 aliphatic rings. The predicted molar refractivity (Wildman–Crippen MR) is 88.2 cm³/mol. The van der Waals surface area contributed by atoms with Crippen LogP contribution in [-0.2, 0) is 14.9 Å². The van der Waals surface area contributed by atoms with Gasteiger partial charge in [0.15, 0.2) is 0 Å². The van der Waals surface area contributed by atoms with Gasteiger partial charge in [-0.1, -0.05) is 30.2 Å². The van der Waals surface area contributed by atoms with Gasteiger partial charge in [-0.3, -0.25) is 4.79 Å². The molecule has 3 nitrogen and oxygen atoms in total. The molecule has 1 aromatic rings. The van der Waals surface area contributed by atoms with Gasteiger partial charge < -0.3 is 10.1 Å². The van der Waals surface area contributed by atoms with E-state index in [9.17, 15) is 4.79 Å². The molecule has 2 fully saturated rings. The third kappa shape index (κ3) is 3.31. The van der Waals surface area contributed by atoms with Crippen molar-refractivity contribution in [2.45, 2.75) is 43.9 Å². The predicted octanol–water partition coefficient (Wildman–Crippen LogP) is 3.69. The summed E-state index contributed by atoms with van der Waals surface area (Å²) in [6.45, 7) is 2.56. The summed E-state index contributed by atoms with van der Waals surface area (Å²) in [6, 6.07) is 7.75. The average Bonchev–Trinajstić information content (AvgIpc) is 2.98. The summed E-state index contributed by atoms with van der Waals surface area (Å²) in [7, 11) is 0. The Bertz CT molecular complexity index is 504. The molecule has 1 amide bonds. The molecule has 22 heavy (non-hydrogen) atoms. The SMILES string of the molecule is O=C(NCCC[C@@H]1CCOC1)C1(c2ccc(Cl)cc2)CCC1. The summed E-state index contributed by atoms with van der Waals surface area (Å²) >= 11 is 5.96. The highest BCUT2D eigenvalue weighted by Crippen LogP contribution is 2.44. The van der Waals surface area contributed by atoms with Crippen LogP contribution in [0.2, 0.25) is 5.02 Å². The number of halogens is 1. The van der Waals surface area contributed by atoms with Gasteiger partial charge in [0.2, 0.25) is 5.91 Å². The van der Waals surface area contributed by atoms with Crippen molar-refractivity contribution in [2.75, 3.05) is 19.8 Å². The van der Waals surface area contributed by atoms with Crippen LogP contribution in [0, 0.1) is 5.92 Å². The van der Waals surface area contributed by atoms with E-state index in [1.807, 2.05) is 24.3 Å². The molecule has 1 aliphatic carbocycles. The number of carbonyl (C=O) groups excluding carboxylic acids is 1. The van der Waals surface area contributed by atoms with Crippen molar-refractivity contribution in [2.24, 2.45) is 5.92 Å². The van der Waals surface area contributed by atoms with E-state index in [2.05, 4.69) is 5.32 Å². The summed E-state index contributed by atoms with van der Waals surface area (Å²) in [6.07, 6.45) is 6.36.